The minimum Gasteiger partial charge on any atom is -0.394 e. The summed E-state index contributed by atoms with van der Waals surface area (Å²) in [5.41, 5.74) is 4.64. The fraction of sp³-hybridized carbons (Fsp3) is 0.641. The van der Waals surface area contributed by atoms with Crippen LogP contribution in [0.3, 0.4) is 0 Å². The maximum atomic E-state index is 12.9. The lowest BCUT2D eigenvalue weighted by molar-refractivity contribution is -0.123. The van der Waals surface area contributed by atoms with Crippen LogP contribution in [0, 0.1) is 0 Å². The van der Waals surface area contributed by atoms with Crippen LogP contribution in [0.2, 0.25) is 0 Å². The quantitative estimate of drug-likeness (QED) is 0.0884. The summed E-state index contributed by atoms with van der Waals surface area (Å²) < 4.78 is 0. The maximum Gasteiger partial charge on any atom is 0.224 e. The van der Waals surface area contributed by atoms with E-state index in [-0.39, 0.29) is 30.7 Å². The fourth-order valence-electron chi connectivity index (χ4n) is 6.59. The number of rotatable bonds is 22. The van der Waals surface area contributed by atoms with Gasteiger partial charge in [0.2, 0.25) is 11.8 Å². The molecule has 2 aromatic carbocycles. The van der Waals surface area contributed by atoms with E-state index in [0.717, 1.165) is 82.2 Å². The van der Waals surface area contributed by atoms with Gasteiger partial charge in [0.15, 0.2) is 0 Å². The number of unbranched alkanes of at least 4 members (excludes halogenated alkanes) is 7. The van der Waals surface area contributed by atoms with E-state index in [4.69, 9.17) is 5.11 Å². The second-order valence-electron chi connectivity index (χ2n) is 13.7. The van der Waals surface area contributed by atoms with Crippen molar-refractivity contribution < 1.29 is 24.9 Å². The molecule has 0 fully saturated rings. The molecule has 10 heteroatoms. The molecule has 5 N–H and O–H groups in total. The van der Waals surface area contributed by atoms with Crippen LogP contribution in [0.4, 0.5) is 11.4 Å². The second kappa shape index (κ2) is 22.2. The van der Waals surface area contributed by atoms with Gasteiger partial charge in [-0.25, -0.2) is 0 Å². The summed E-state index contributed by atoms with van der Waals surface area (Å²) in [6.45, 7) is 5.73. The third-order valence-corrected chi connectivity index (χ3v) is 10.5. The molecule has 2 amide bonds. The van der Waals surface area contributed by atoms with Gasteiger partial charge >= 0.3 is 0 Å². The third-order valence-electron chi connectivity index (χ3n) is 9.30. The molecule has 3 unspecified atom stereocenters. The molecule has 0 aromatic heterocycles. The molecule has 274 valence electrons. The minimum atomic E-state index is -0.999. The van der Waals surface area contributed by atoms with Crippen molar-refractivity contribution in [2.75, 3.05) is 49.8 Å². The summed E-state index contributed by atoms with van der Waals surface area (Å²) in [4.78, 5) is 31.0. The van der Waals surface area contributed by atoms with Gasteiger partial charge in [0, 0.05) is 61.5 Å². The highest BCUT2D eigenvalue weighted by molar-refractivity contribution is 7.99. The van der Waals surface area contributed by atoms with Crippen molar-refractivity contribution in [1.82, 2.24) is 10.2 Å². The number of carbonyl (C=O) groups excluding carboxylic acids is 2. The Bertz CT molecular complexity index is 1280. The molecule has 3 rings (SSSR count). The second-order valence-corrected chi connectivity index (χ2v) is 14.7. The van der Waals surface area contributed by atoms with Crippen LogP contribution in [-0.2, 0) is 9.59 Å². The molecular formula is C39H62N4O5S. The SMILES string of the molecule is CCCN1C(c2cccc(NC(=O)CCCCCCCCCCNC(=O)CC(O)CC(O)CO)c2)c2cc(N(C)C)ccc2SC[C@H]1CC. The molecule has 0 aliphatic carbocycles. The van der Waals surface area contributed by atoms with E-state index < -0.39 is 18.8 Å². The van der Waals surface area contributed by atoms with Crippen LogP contribution in [0.25, 0.3) is 0 Å². The Morgan fingerprint density at radius 3 is 2.33 bits per heavy atom. The number of nitrogens with one attached hydrogen (secondary N) is 2. The van der Waals surface area contributed by atoms with Crippen LogP contribution in [0.5, 0.6) is 0 Å². The molecule has 0 spiro atoms. The predicted molar refractivity (Wildman–Crippen MR) is 202 cm³/mol. The van der Waals surface area contributed by atoms with Gasteiger partial charge in [0.1, 0.15) is 0 Å². The van der Waals surface area contributed by atoms with Crippen molar-refractivity contribution in [3.63, 3.8) is 0 Å². The monoisotopic (exact) mass is 698 g/mol. The van der Waals surface area contributed by atoms with Gasteiger partial charge < -0.3 is 30.9 Å². The molecule has 1 heterocycles. The summed E-state index contributed by atoms with van der Waals surface area (Å²) in [6, 6.07) is 15.9. The molecule has 4 atom stereocenters. The zero-order chi connectivity index (χ0) is 35.6. The number of aliphatic hydroxyl groups is 3. The highest BCUT2D eigenvalue weighted by Gasteiger charge is 2.33. The summed E-state index contributed by atoms with van der Waals surface area (Å²) in [5, 5.41) is 33.9. The van der Waals surface area contributed by atoms with Crippen molar-refractivity contribution in [3.05, 3.63) is 53.6 Å². The maximum absolute atomic E-state index is 12.9. The van der Waals surface area contributed by atoms with Gasteiger partial charge in [0.05, 0.1) is 31.3 Å². The number of carbonyl (C=O) groups is 2. The lowest BCUT2D eigenvalue weighted by atomic mass is 9.94. The first-order valence-electron chi connectivity index (χ1n) is 18.5. The third kappa shape index (κ3) is 13.9. The molecular weight excluding hydrogens is 637 g/mol. The Morgan fingerprint density at radius 1 is 0.939 bits per heavy atom. The van der Waals surface area contributed by atoms with Gasteiger partial charge in [-0.2, -0.15) is 0 Å². The fourth-order valence-corrected chi connectivity index (χ4v) is 7.89. The summed E-state index contributed by atoms with van der Waals surface area (Å²) >= 11 is 1.97. The Kier molecular flexibility index (Phi) is 18.5. The number of anilines is 2. The van der Waals surface area contributed by atoms with E-state index in [1.165, 1.54) is 21.7 Å². The van der Waals surface area contributed by atoms with Crippen molar-refractivity contribution in [2.45, 2.75) is 127 Å². The van der Waals surface area contributed by atoms with Crippen molar-refractivity contribution in [1.29, 1.82) is 0 Å². The number of hydrogen-bond acceptors (Lipinski definition) is 8. The number of benzene rings is 2. The van der Waals surface area contributed by atoms with Gasteiger partial charge in [-0.1, -0.05) is 64.5 Å². The molecule has 0 bridgehead atoms. The van der Waals surface area contributed by atoms with Crippen molar-refractivity contribution >= 4 is 35.0 Å². The van der Waals surface area contributed by atoms with E-state index in [0.29, 0.717) is 19.0 Å². The molecule has 0 saturated carbocycles. The first-order chi connectivity index (χ1) is 23.7. The number of nitrogens with zero attached hydrogens (tertiary/aromatic N) is 2. The summed E-state index contributed by atoms with van der Waals surface area (Å²) in [5.74, 6) is 0.909. The molecule has 49 heavy (non-hydrogen) atoms. The number of thioether (sulfide) groups is 1. The summed E-state index contributed by atoms with van der Waals surface area (Å²) in [6.07, 6.45) is 9.01. The van der Waals surface area contributed by atoms with E-state index >= 15 is 0 Å². The first kappa shape index (κ1) is 40.8. The predicted octanol–water partition coefficient (Wildman–Crippen LogP) is 6.50. The zero-order valence-electron chi connectivity index (χ0n) is 30.3. The first-order valence-corrected chi connectivity index (χ1v) is 19.5. The lowest BCUT2D eigenvalue weighted by Crippen LogP contribution is -2.39. The van der Waals surface area contributed by atoms with Crippen LogP contribution >= 0.6 is 11.8 Å². The number of hydrogen-bond donors (Lipinski definition) is 5. The van der Waals surface area contributed by atoms with E-state index in [9.17, 15) is 19.8 Å². The Morgan fingerprint density at radius 2 is 1.65 bits per heavy atom. The topological polar surface area (TPSA) is 125 Å². The van der Waals surface area contributed by atoms with Crippen molar-refractivity contribution in [2.24, 2.45) is 0 Å². The van der Waals surface area contributed by atoms with Crippen molar-refractivity contribution in [3.8, 4) is 0 Å². The molecule has 2 aromatic rings. The van der Waals surface area contributed by atoms with Gasteiger partial charge in [-0.3, -0.25) is 14.5 Å². The number of amides is 2. The lowest BCUT2D eigenvalue weighted by Gasteiger charge is -2.37. The van der Waals surface area contributed by atoms with Crippen LogP contribution < -0.4 is 15.5 Å². The molecule has 1 aliphatic rings. The van der Waals surface area contributed by atoms with E-state index in [1.54, 1.807) is 0 Å². The molecule has 0 radical (unpaired) electrons. The van der Waals surface area contributed by atoms with Gasteiger partial charge in [-0.15, -0.1) is 11.8 Å². The average molecular weight is 699 g/mol. The van der Waals surface area contributed by atoms with Crippen LogP contribution in [-0.4, -0.2) is 89.8 Å². The minimum absolute atomic E-state index is 0.00592. The van der Waals surface area contributed by atoms with Crippen LogP contribution in [0.1, 0.15) is 114 Å². The Labute approximate surface area is 299 Å². The molecule has 0 saturated heterocycles. The van der Waals surface area contributed by atoms with Gasteiger partial charge in [-0.05, 0) is 73.7 Å². The summed E-state index contributed by atoms with van der Waals surface area (Å²) in [7, 11) is 4.19. The number of fused-ring (bicyclic) bond motifs is 1. The largest absolute Gasteiger partial charge is 0.394 e. The van der Waals surface area contributed by atoms with Gasteiger partial charge in [0.25, 0.3) is 0 Å². The van der Waals surface area contributed by atoms with E-state index in [1.807, 2.05) is 17.8 Å². The Balaban J connectivity index is 1.41. The highest BCUT2D eigenvalue weighted by Crippen LogP contribution is 2.43. The molecule has 1 aliphatic heterocycles. The smallest absolute Gasteiger partial charge is 0.224 e. The molecule has 9 nitrogen and oxygen atoms in total. The Hall–Kier alpha value is -2.63. The zero-order valence-corrected chi connectivity index (χ0v) is 31.1. The standard InChI is InChI=1S/C39H62N4O5S/c1-5-22-43-31(6-2)28-49-36-20-19-32(42(3)4)24-35(36)39(43)29-16-15-17-30(23-29)41-37(47)18-13-11-9-7-8-10-12-14-21-40-38(48)26-33(45)25-34(46)27-44/h15-17,19-20,23-24,31,33-34,39,44-46H,5-14,18,21-22,25-28H2,1-4H3,(H,40,48)(H,41,47)/t31-,33?,34?,39?/m1/s1. The number of aliphatic hydroxyl groups excluding tert-OH is 3. The highest BCUT2D eigenvalue weighted by atomic mass is 32.2. The average Bonchev–Trinajstić information content (AvgIpc) is 3.23. The van der Waals surface area contributed by atoms with E-state index in [2.05, 4.69) is 84.8 Å². The normalized spacial score (nSPS) is 17.5. The van der Waals surface area contributed by atoms with Crippen LogP contribution in [0.15, 0.2) is 47.4 Å².